The molecule has 38 heavy (non-hydrogen) atoms. The van der Waals surface area contributed by atoms with Gasteiger partial charge in [-0.3, -0.25) is 0 Å². The van der Waals surface area contributed by atoms with Crippen LogP contribution in [0.25, 0.3) is 10.6 Å². The third kappa shape index (κ3) is 6.42. The lowest BCUT2D eigenvalue weighted by molar-refractivity contribution is -0.154. The van der Waals surface area contributed by atoms with Crippen LogP contribution in [0.2, 0.25) is 0 Å². The summed E-state index contributed by atoms with van der Waals surface area (Å²) in [6, 6.07) is 12.5. The smallest absolute Gasteiger partial charge is 0.416 e. The topological polar surface area (TPSA) is 72.6 Å². The highest BCUT2D eigenvalue weighted by Crippen LogP contribution is 2.37. The molecule has 0 aliphatic carbocycles. The second-order valence-electron chi connectivity index (χ2n) is 8.98. The Hall–Kier alpha value is -3.24. The number of aliphatic carboxylic acids is 1. The molecule has 200 valence electrons. The first-order valence-corrected chi connectivity index (χ1v) is 13.6. The fourth-order valence-electron chi connectivity index (χ4n) is 3.63. The zero-order valence-electron chi connectivity index (χ0n) is 21.0. The molecular weight excluding hydrogens is 535 g/mol. The molecule has 0 aliphatic rings. The molecule has 4 rings (SSSR count). The Kier molecular flexibility index (Phi) is 8.22. The van der Waals surface area contributed by atoms with E-state index in [1.165, 1.54) is 23.5 Å². The summed E-state index contributed by atoms with van der Waals surface area (Å²) in [4.78, 5) is 18.4. The quantitative estimate of drug-likeness (QED) is 0.197. The fraction of sp³-hybridized carbons (Fsp3) is 0.286. The van der Waals surface area contributed by atoms with E-state index in [9.17, 15) is 23.1 Å². The van der Waals surface area contributed by atoms with Crippen molar-refractivity contribution in [2.24, 2.45) is 0 Å². The summed E-state index contributed by atoms with van der Waals surface area (Å²) in [5.41, 5.74) is 1.24. The molecule has 2 aromatic carbocycles. The van der Waals surface area contributed by atoms with Crippen molar-refractivity contribution in [3.8, 4) is 16.3 Å². The molecule has 0 fully saturated rings. The van der Waals surface area contributed by atoms with Crippen LogP contribution in [0.15, 0.2) is 70.4 Å². The number of hydrogen-bond donors (Lipinski definition) is 1. The molecule has 0 saturated heterocycles. The number of furan rings is 1. The van der Waals surface area contributed by atoms with Crippen LogP contribution in [0.4, 0.5) is 13.2 Å². The molecule has 1 unspecified atom stereocenters. The number of halogens is 3. The number of thioether (sulfide) groups is 1. The van der Waals surface area contributed by atoms with Crippen molar-refractivity contribution in [1.82, 2.24) is 4.98 Å². The molecule has 10 heteroatoms. The Morgan fingerprint density at radius 1 is 1.16 bits per heavy atom. The van der Waals surface area contributed by atoms with E-state index < -0.39 is 23.3 Å². The molecule has 4 aromatic rings. The molecule has 2 aromatic heterocycles. The number of carboxylic acids is 1. The highest BCUT2D eigenvalue weighted by atomic mass is 32.2. The first-order chi connectivity index (χ1) is 18.0. The average Bonchev–Trinajstić information content (AvgIpc) is 3.54. The van der Waals surface area contributed by atoms with Gasteiger partial charge in [-0.1, -0.05) is 19.1 Å². The SMILES string of the molecule is CCC(C)(Oc1ccc(SCc2sc(-c3ccc(C(F)(F)F)cc3)nc2Cc2ccoc2)cc1C)C(=O)O. The van der Waals surface area contributed by atoms with Crippen LogP contribution in [0.5, 0.6) is 5.75 Å². The van der Waals surface area contributed by atoms with E-state index in [4.69, 9.17) is 14.1 Å². The lowest BCUT2D eigenvalue weighted by Gasteiger charge is -2.26. The molecule has 2 heterocycles. The fourth-order valence-corrected chi connectivity index (χ4v) is 5.81. The molecule has 1 N–H and O–H groups in total. The molecule has 0 bridgehead atoms. The van der Waals surface area contributed by atoms with Crippen LogP contribution in [0.3, 0.4) is 0 Å². The van der Waals surface area contributed by atoms with E-state index in [0.717, 1.165) is 38.7 Å². The molecule has 0 saturated carbocycles. The maximum atomic E-state index is 13.0. The van der Waals surface area contributed by atoms with Gasteiger partial charge in [-0.15, -0.1) is 23.1 Å². The van der Waals surface area contributed by atoms with Gasteiger partial charge in [-0.2, -0.15) is 13.2 Å². The molecule has 0 radical (unpaired) electrons. The van der Waals surface area contributed by atoms with E-state index >= 15 is 0 Å². The number of alkyl halides is 3. The lowest BCUT2D eigenvalue weighted by Crippen LogP contribution is -2.40. The highest BCUT2D eigenvalue weighted by molar-refractivity contribution is 7.98. The monoisotopic (exact) mass is 561 g/mol. The molecule has 1 atom stereocenters. The third-order valence-electron chi connectivity index (χ3n) is 6.17. The van der Waals surface area contributed by atoms with Crippen molar-refractivity contribution in [1.29, 1.82) is 0 Å². The van der Waals surface area contributed by atoms with E-state index in [2.05, 4.69) is 0 Å². The number of nitrogens with zero attached hydrogens (tertiary/aromatic N) is 1. The first kappa shape index (κ1) is 27.8. The van der Waals surface area contributed by atoms with E-state index in [1.54, 1.807) is 44.2 Å². The number of aromatic nitrogens is 1. The number of ether oxygens (including phenoxy) is 1. The van der Waals surface area contributed by atoms with Crippen molar-refractivity contribution in [2.75, 3.05) is 0 Å². The number of benzene rings is 2. The van der Waals surface area contributed by atoms with Crippen molar-refractivity contribution in [3.05, 3.63) is 88.3 Å². The number of aryl methyl sites for hydroxylation is 1. The van der Waals surface area contributed by atoms with Crippen molar-refractivity contribution in [3.63, 3.8) is 0 Å². The summed E-state index contributed by atoms with van der Waals surface area (Å²) in [5, 5.41) is 10.2. The summed E-state index contributed by atoms with van der Waals surface area (Å²) in [6.07, 6.45) is -0.286. The summed E-state index contributed by atoms with van der Waals surface area (Å²) in [7, 11) is 0. The number of rotatable bonds is 10. The largest absolute Gasteiger partial charge is 0.478 e. The maximum Gasteiger partial charge on any atom is 0.416 e. The Bertz CT molecular complexity index is 1400. The minimum absolute atomic E-state index is 0.324. The standard InChI is InChI=1S/C28H26F3NO4S2/c1-4-27(3,26(33)34)36-23-10-9-21(13-17(23)2)37-16-24-22(14-18-11-12-35-15-18)32-25(38-24)19-5-7-20(8-6-19)28(29,30)31/h5-13,15H,4,14,16H2,1-3H3,(H,33,34). The van der Waals surface area contributed by atoms with Gasteiger partial charge in [0.1, 0.15) is 10.8 Å². The van der Waals surface area contributed by atoms with Gasteiger partial charge in [0.25, 0.3) is 0 Å². The predicted molar refractivity (Wildman–Crippen MR) is 142 cm³/mol. The van der Waals surface area contributed by atoms with Crippen LogP contribution in [0.1, 0.15) is 47.5 Å². The van der Waals surface area contributed by atoms with Gasteiger partial charge in [-0.25, -0.2) is 9.78 Å². The number of carboxylic acid groups (broad SMARTS) is 1. The van der Waals surface area contributed by atoms with Gasteiger partial charge in [0.05, 0.1) is 23.8 Å². The van der Waals surface area contributed by atoms with Gasteiger partial charge in [0.2, 0.25) is 5.60 Å². The van der Waals surface area contributed by atoms with E-state index in [0.29, 0.717) is 34.9 Å². The summed E-state index contributed by atoms with van der Waals surface area (Å²) in [5.74, 6) is 0.105. The second kappa shape index (κ2) is 11.2. The van der Waals surface area contributed by atoms with Gasteiger partial charge in [0, 0.05) is 27.5 Å². The van der Waals surface area contributed by atoms with Crippen LogP contribution >= 0.6 is 23.1 Å². The van der Waals surface area contributed by atoms with Crippen molar-refractivity contribution >= 4 is 29.1 Å². The van der Waals surface area contributed by atoms with E-state index in [-0.39, 0.29) is 0 Å². The molecule has 0 spiro atoms. The Labute approximate surface area is 226 Å². The van der Waals surface area contributed by atoms with Gasteiger partial charge < -0.3 is 14.3 Å². The minimum atomic E-state index is -4.39. The minimum Gasteiger partial charge on any atom is -0.478 e. The van der Waals surface area contributed by atoms with Crippen LogP contribution < -0.4 is 4.74 Å². The van der Waals surface area contributed by atoms with Crippen molar-refractivity contribution < 1.29 is 32.2 Å². The molecular formula is C28H26F3NO4S2. The molecule has 0 amide bonds. The predicted octanol–water partition coefficient (Wildman–Crippen LogP) is 8.25. The van der Waals surface area contributed by atoms with E-state index in [1.807, 2.05) is 25.1 Å². The normalized spacial score (nSPS) is 13.3. The molecule has 5 nitrogen and oxygen atoms in total. The highest BCUT2D eigenvalue weighted by Gasteiger charge is 2.34. The lowest BCUT2D eigenvalue weighted by atomic mass is 10.0. The zero-order valence-corrected chi connectivity index (χ0v) is 22.6. The van der Waals surface area contributed by atoms with Gasteiger partial charge in [0.15, 0.2) is 0 Å². The Balaban J connectivity index is 1.55. The molecule has 0 aliphatic heterocycles. The zero-order chi connectivity index (χ0) is 27.5. The van der Waals surface area contributed by atoms with Crippen LogP contribution in [-0.2, 0) is 23.1 Å². The van der Waals surface area contributed by atoms with Gasteiger partial charge in [-0.05, 0) is 67.8 Å². The Morgan fingerprint density at radius 2 is 1.89 bits per heavy atom. The van der Waals surface area contributed by atoms with Gasteiger partial charge >= 0.3 is 12.1 Å². The van der Waals surface area contributed by atoms with Crippen LogP contribution in [-0.4, -0.2) is 21.7 Å². The summed E-state index contributed by atoms with van der Waals surface area (Å²) < 4.78 is 50.0. The Morgan fingerprint density at radius 3 is 2.47 bits per heavy atom. The summed E-state index contributed by atoms with van der Waals surface area (Å²) >= 11 is 3.05. The first-order valence-electron chi connectivity index (χ1n) is 11.8. The number of thiazole rings is 1. The summed E-state index contributed by atoms with van der Waals surface area (Å²) in [6.45, 7) is 5.19. The maximum absolute atomic E-state index is 13.0. The average molecular weight is 562 g/mol. The van der Waals surface area contributed by atoms with Crippen LogP contribution in [0, 0.1) is 6.92 Å². The second-order valence-corrected chi connectivity index (χ2v) is 11.1. The number of carbonyl (C=O) groups is 1. The van der Waals surface area contributed by atoms with Crippen molar-refractivity contribution in [2.45, 2.75) is 56.0 Å². The number of hydrogen-bond acceptors (Lipinski definition) is 6. The third-order valence-corrected chi connectivity index (χ3v) is 8.52.